The van der Waals surface area contributed by atoms with Crippen molar-refractivity contribution in [2.45, 2.75) is 50.1 Å². The van der Waals surface area contributed by atoms with E-state index >= 15 is 0 Å². The molecule has 0 amide bonds. The first-order valence-electron chi connectivity index (χ1n) is 7.83. The Kier molecular flexibility index (Phi) is 5.23. The van der Waals surface area contributed by atoms with Crippen LogP contribution in [0.2, 0.25) is 0 Å². The van der Waals surface area contributed by atoms with Crippen molar-refractivity contribution < 1.29 is 5.11 Å². The molecule has 0 aromatic carbocycles. The molecule has 4 heteroatoms. The number of piperidine rings is 1. The van der Waals surface area contributed by atoms with Gasteiger partial charge >= 0.3 is 0 Å². The van der Waals surface area contributed by atoms with Crippen molar-refractivity contribution in [1.82, 2.24) is 9.80 Å². The summed E-state index contributed by atoms with van der Waals surface area (Å²) in [7, 11) is 4.36. The summed E-state index contributed by atoms with van der Waals surface area (Å²) in [6.07, 6.45) is 7.15. The van der Waals surface area contributed by atoms with Crippen LogP contribution in [-0.2, 0) is 0 Å². The zero-order valence-corrected chi connectivity index (χ0v) is 12.6. The number of likely N-dealkylation sites (tertiary alicyclic amines) is 1. The standard InChI is InChI=1S/C15H31N3O/c1-17(2)14-6-4-9-18(11-14)10-7-13-5-3-8-15(13,16)12-19/h13-14,19H,3-12,16H2,1-2H3. The second-order valence-electron chi connectivity index (χ2n) is 6.83. The van der Waals surface area contributed by atoms with Gasteiger partial charge in [-0.15, -0.1) is 0 Å². The summed E-state index contributed by atoms with van der Waals surface area (Å²) in [5.41, 5.74) is 6.02. The van der Waals surface area contributed by atoms with E-state index in [2.05, 4.69) is 23.9 Å². The highest BCUT2D eigenvalue weighted by atomic mass is 16.3. The minimum atomic E-state index is -0.295. The van der Waals surface area contributed by atoms with Gasteiger partial charge in [-0.3, -0.25) is 0 Å². The maximum atomic E-state index is 9.50. The Balaban J connectivity index is 1.79. The monoisotopic (exact) mass is 269 g/mol. The molecule has 1 aliphatic carbocycles. The van der Waals surface area contributed by atoms with Gasteiger partial charge in [0.1, 0.15) is 0 Å². The summed E-state index contributed by atoms with van der Waals surface area (Å²) in [6, 6.07) is 0.706. The fraction of sp³-hybridized carbons (Fsp3) is 1.00. The second-order valence-corrected chi connectivity index (χ2v) is 6.83. The van der Waals surface area contributed by atoms with Gasteiger partial charge in [-0.2, -0.15) is 0 Å². The van der Waals surface area contributed by atoms with Crippen LogP contribution in [0.3, 0.4) is 0 Å². The third-order valence-electron chi connectivity index (χ3n) is 5.31. The van der Waals surface area contributed by atoms with Crippen molar-refractivity contribution in [2.24, 2.45) is 11.7 Å². The third-order valence-corrected chi connectivity index (χ3v) is 5.31. The molecule has 19 heavy (non-hydrogen) atoms. The maximum absolute atomic E-state index is 9.50. The van der Waals surface area contributed by atoms with E-state index < -0.39 is 0 Å². The molecule has 3 N–H and O–H groups in total. The van der Waals surface area contributed by atoms with Crippen LogP contribution in [0, 0.1) is 5.92 Å². The van der Waals surface area contributed by atoms with Crippen LogP contribution in [0.15, 0.2) is 0 Å². The van der Waals surface area contributed by atoms with Gasteiger partial charge in [-0.1, -0.05) is 6.42 Å². The highest BCUT2D eigenvalue weighted by Crippen LogP contribution is 2.35. The van der Waals surface area contributed by atoms with Crippen LogP contribution in [-0.4, -0.2) is 66.8 Å². The molecular weight excluding hydrogens is 238 g/mol. The number of nitrogens with two attached hydrogens (primary N) is 1. The highest BCUT2D eigenvalue weighted by molar-refractivity contribution is 4.96. The van der Waals surface area contributed by atoms with Crippen molar-refractivity contribution in [1.29, 1.82) is 0 Å². The van der Waals surface area contributed by atoms with E-state index in [1.807, 2.05) is 0 Å². The van der Waals surface area contributed by atoms with E-state index in [1.54, 1.807) is 0 Å². The fourth-order valence-electron chi connectivity index (χ4n) is 3.80. The Morgan fingerprint density at radius 2 is 2.11 bits per heavy atom. The van der Waals surface area contributed by atoms with Crippen LogP contribution in [0.4, 0.5) is 0 Å². The van der Waals surface area contributed by atoms with Gasteiger partial charge in [0, 0.05) is 18.1 Å². The lowest BCUT2D eigenvalue weighted by molar-refractivity contribution is 0.111. The minimum absolute atomic E-state index is 0.151. The normalized spacial score (nSPS) is 37.1. The molecule has 4 nitrogen and oxygen atoms in total. The van der Waals surface area contributed by atoms with Gasteiger partial charge in [0.05, 0.1) is 6.61 Å². The summed E-state index contributed by atoms with van der Waals surface area (Å²) in [6.45, 7) is 3.72. The van der Waals surface area contributed by atoms with Crippen LogP contribution in [0.5, 0.6) is 0 Å². The smallest absolute Gasteiger partial charge is 0.0613 e. The maximum Gasteiger partial charge on any atom is 0.0613 e. The number of nitrogens with zero attached hydrogens (tertiary/aromatic N) is 2. The Labute approximate surface area is 117 Å². The van der Waals surface area contributed by atoms with Crippen LogP contribution >= 0.6 is 0 Å². The van der Waals surface area contributed by atoms with Crippen molar-refractivity contribution in [2.75, 3.05) is 40.3 Å². The Morgan fingerprint density at radius 3 is 2.79 bits per heavy atom. The SMILES string of the molecule is CN(C)C1CCCN(CCC2CCCC2(N)CO)C1. The van der Waals surface area contributed by atoms with E-state index in [0.717, 1.165) is 19.4 Å². The molecule has 1 heterocycles. The first-order valence-corrected chi connectivity index (χ1v) is 7.83. The molecule has 0 aromatic heterocycles. The van der Waals surface area contributed by atoms with E-state index in [4.69, 9.17) is 5.73 Å². The van der Waals surface area contributed by atoms with Gasteiger partial charge in [0.2, 0.25) is 0 Å². The van der Waals surface area contributed by atoms with Crippen molar-refractivity contribution in [3.63, 3.8) is 0 Å². The number of aliphatic hydroxyl groups excluding tert-OH is 1. The van der Waals surface area contributed by atoms with Gasteiger partial charge in [0.25, 0.3) is 0 Å². The predicted molar refractivity (Wildman–Crippen MR) is 79.1 cm³/mol. The molecule has 3 atom stereocenters. The number of rotatable bonds is 5. The van der Waals surface area contributed by atoms with Gasteiger partial charge in [-0.25, -0.2) is 0 Å². The topological polar surface area (TPSA) is 52.7 Å². The molecule has 0 radical (unpaired) electrons. The van der Waals surface area contributed by atoms with E-state index in [1.165, 1.54) is 38.8 Å². The van der Waals surface area contributed by atoms with Crippen LogP contribution in [0.25, 0.3) is 0 Å². The molecule has 2 fully saturated rings. The molecule has 1 saturated heterocycles. The van der Waals surface area contributed by atoms with Gasteiger partial charge in [-0.05, 0) is 65.2 Å². The van der Waals surface area contributed by atoms with Crippen LogP contribution < -0.4 is 5.73 Å². The zero-order valence-electron chi connectivity index (χ0n) is 12.6. The molecule has 2 aliphatic rings. The average molecular weight is 269 g/mol. The summed E-state index contributed by atoms with van der Waals surface area (Å²) < 4.78 is 0. The highest BCUT2D eigenvalue weighted by Gasteiger charge is 2.38. The largest absolute Gasteiger partial charge is 0.394 e. The lowest BCUT2D eigenvalue weighted by atomic mass is 9.86. The van der Waals surface area contributed by atoms with E-state index in [-0.39, 0.29) is 12.1 Å². The average Bonchev–Trinajstić information content (AvgIpc) is 2.79. The van der Waals surface area contributed by atoms with E-state index in [9.17, 15) is 5.11 Å². The molecule has 1 aliphatic heterocycles. The number of hydrogen-bond acceptors (Lipinski definition) is 4. The zero-order chi connectivity index (χ0) is 13.9. The predicted octanol–water partition coefficient (Wildman–Crippen LogP) is 0.892. The molecular formula is C15H31N3O. The molecule has 0 spiro atoms. The number of aliphatic hydroxyl groups is 1. The summed E-state index contributed by atoms with van der Waals surface area (Å²) in [5.74, 6) is 0.511. The Morgan fingerprint density at radius 1 is 1.32 bits per heavy atom. The Bertz CT molecular complexity index is 285. The molecule has 1 saturated carbocycles. The fourth-order valence-corrected chi connectivity index (χ4v) is 3.80. The molecule has 3 unspecified atom stereocenters. The lowest BCUT2D eigenvalue weighted by Crippen LogP contribution is -2.49. The molecule has 2 rings (SSSR count). The molecule has 112 valence electrons. The van der Waals surface area contributed by atoms with Gasteiger partial charge in [0.15, 0.2) is 0 Å². The van der Waals surface area contributed by atoms with Crippen molar-refractivity contribution >= 4 is 0 Å². The summed E-state index contributed by atoms with van der Waals surface area (Å²) >= 11 is 0. The number of hydrogen-bond donors (Lipinski definition) is 2. The van der Waals surface area contributed by atoms with Crippen molar-refractivity contribution in [3.8, 4) is 0 Å². The first-order chi connectivity index (χ1) is 9.05. The second kappa shape index (κ2) is 6.53. The molecule has 0 aromatic rings. The van der Waals surface area contributed by atoms with Crippen molar-refractivity contribution in [3.05, 3.63) is 0 Å². The van der Waals surface area contributed by atoms with Crippen LogP contribution in [0.1, 0.15) is 38.5 Å². The minimum Gasteiger partial charge on any atom is -0.394 e. The van der Waals surface area contributed by atoms with E-state index in [0.29, 0.717) is 12.0 Å². The molecule has 0 bridgehead atoms. The first kappa shape index (κ1) is 15.2. The Hall–Kier alpha value is -0.160. The third kappa shape index (κ3) is 3.69. The lowest BCUT2D eigenvalue weighted by Gasteiger charge is -2.37. The van der Waals surface area contributed by atoms with Gasteiger partial charge < -0.3 is 20.6 Å². The summed E-state index contributed by atoms with van der Waals surface area (Å²) in [5, 5.41) is 9.50. The quantitative estimate of drug-likeness (QED) is 0.778. The summed E-state index contributed by atoms with van der Waals surface area (Å²) in [4.78, 5) is 4.94. The number of likely N-dealkylation sites (N-methyl/N-ethyl adjacent to an activating group) is 1.